The van der Waals surface area contributed by atoms with Crippen LogP contribution in [0.3, 0.4) is 0 Å². The number of amides is 1. The van der Waals surface area contributed by atoms with Crippen LogP contribution in [0.25, 0.3) is 0 Å². The Labute approximate surface area is 125 Å². The largest absolute Gasteiger partial charge is 0.497 e. The second-order valence-electron chi connectivity index (χ2n) is 5.12. The van der Waals surface area contributed by atoms with Gasteiger partial charge >= 0.3 is 0 Å². The molecule has 1 heterocycles. The van der Waals surface area contributed by atoms with E-state index < -0.39 is 0 Å². The third kappa shape index (κ3) is 3.81. The van der Waals surface area contributed by atoms with Crippen LogP contribution in [0.1, 0.15) is 22.5 Å². The molecule has 0 aliphatic rings. The predicted molar refractivity (Wildman–Crippen MR) is 83.8 cm³/mol. The summed E-state index contributed by atoms with van der Waals surface area (Å²) in [5, 5.41) is 2.95. The number of aromatic nitrogens is 1. The Hall–Kier alpha value is -2.36. The number of methoxy groups -OCH3 is 1. The Morgan fingerprint density at radius 3 is 2.67 bits per heavy atom. The Morgan fingerprint density at radius 2 is 2.00 bits per heavy atom. The summed E-state index contributed by atoms with van der Waals surface area (Å²) in [4.78, 5) is 16.6. The zero-order chi connectivity index (χ0) is 15.4. The number of aryl methyl sites for hydroxylation is 3. The first-order valence-corrected chi connectivity index (χ1v) is 6.87. The Kier molecular flexibility index (Phi) is 4.58. The number of benzene rings is 1. The Balaban J connectivity index is 2.12. The molecule has 1 aromatic heterocycles. The molecule has 0 radical (unpaired) electrons. The van der Waals surface area contributed by atoms with Crippen LogP contribution >= 0.6 is 0 Å². The van der Waals surface area contributed by atoms with Gasteiger partial charge in [0, 0.05) is 5.69 Å². The van der Waals surface area contributed by atoms with Gasteiger partial charge in [-0.1, -0.05) is 12.1 Å². The molecule has 0 aliphatic heterocycles. The smallest absolute Gasteiger partial charge is 0.228 e. The van der Waals surface area contributed by atoms with Gasteiger partial charge < -0.3 is 10.1 Å². The monoisotopic (exact) mass is 284 g/mol. The molecule has 4 nitrogen and oxygen atoms in total. The minimum Gasteiger partial charge on any atom is -0.497 e. The van der Waals surface area contributed by atoms with Crippen molar-refractivity contribution in [3.8, 4) is 5.75 Å². The molecule has 1 N–H and O–H groups in total. The fourth-order valence-corrected chi connectivity index (χ4v) is 2.36. The number of anilines is 1. The maximum absolute atomic E-state index is 12.2. The summed E-state index contributed by atoms with van der Waals surface area (Å²) in [6.07, 6.45) is 0.309. The highest BCUT2D eigenvalue weighted by Crippen LogP contribution is 2.20. The van der Waals surface area contributed by atoms with Crippen LogP contribution in [0.15, 0.2) is 30.3 Å². The van der Waals surface area contributed by atoms with E-state index in [2.05, 4.69) is 10.3 Å². The molecular weight excluding hydrogens is 264 g/mol. The first-order chi connectivity index (χ1) is 9.99. The van der Waals surface area contributed by atoms with E-state index in [1.165, 1.54) is 0 Å². The maximum atomic E-state index is 12.2. The van der Waals surface area contributed by atoms with E-state index in [4.69, 9.17) is 4.74 Å². The fraction of sp³-hybridized carbons (Fsp3) is 0.294. The summed E-state index contributed by atoms with van der Waals surface area (Å²) in [6.45, 7) is 5.83. The molecule has 0 spiro atoms. The standard InChI is InChI=1S/C17H20N2O2/c1-11-8-12(2)18-13(3)17(11)19-16(20)10-14-6-5-7-15(9-14)21-4/h5-9H,10H2,1-4H3,(H,19,20). The van der Waals surface area contributed by atoms with Crippen LogP contribution in [0.2, 0.25) is 0 Å². The number of carbonyl (C=O) groups is 1. The summed E-state index contributed by atoms with van der Waals surface area (Å²) in [7, 11) is 1.61. The van der Waals surface area contributed by atoms with Crippen molar-refractivity contribution in [1.29, 1.82) is 0 Å². The highest BCUT2D eigenvalue weighted by atomic mass is 16.5. The molecule has 0 aliphatic carbocycles. The summed E-state index contributed by atoms with van der Waals surface area (Å²) < 4.78 is 5.16. The van der Waals surface area contributed by atoms with Crippen molar-refractivity contribution in [2.24, 2.45) is 0 Å². The topological polar surface area (TPSA) is 51.2 Å². The van der Waals surface area contributed by atoms with E-state index in [0.29, 0.717) is 6.42 Å². The van der Waals surface area contributed by atoms with Crippen molar-refractivity contribution in [2.45, 2.75) is 27.2 Å². The van der Waals surface area contributed by atoms with Crippen molar-refractivity contribution in [2.75, 3.05) is 12.4 Å². The molecule has 4 heteroatoms. The molecule has 21 heavy (non-hydrogen) atoms. The van der Waals surface area contributed by atoms with Gasteiger partial charge in [-0.05, 0) is 50.1 Å². The van der Waals surface area contributed by atoms with Gasteiger partial charge in [0.05, 0.1) is 24.9 Å². The van der Waals surface area contributed by atoms with E-state index in [1.54, 1.807) is 7.11 Å². The van der Waals surface area contributed by atoms with Gasteiger partial charge in [-0.15, -0.1) is 0 Å². The van der Waals surface area contributed by atoms with Gasteiger partial charge in [-0.2, -0.15) is 0 Å². The Bertz CT molecular complexity index is 643. The SMILES string of the molecule is COc1cccc(CC(=O)Nc2c(C)cc(C)nc2C)c1. The molecule has 2 rings (SSSR count). The predicted octanol–water partition coefficient (Wildman–Crippen LogP) is 3.20. The zero-order valence-electron chi connectivity index (χ0n) is 12.9. The third-order valence-electron chi connectivity index (χ3n) is 3.29. The van der Waals surface area contributed by atoms with Gasteiger partial charge in [-0.3, -0.25) is 9.78 Å². The molecule has 2 aromatic rings. The van der Waals surface area contributed by atoms with E-state index in [9.17, 15) is 4.79 Å². The summed E-state index contributed by atoms with van der Waals surface area (Å²) in [5.74, 6) is 0.699. The molecular formula is C17H20N2O2. The number of ether oxygens (including phenoxy) is 1. The van der Waals surface area contributed by atoms with Crippen LogP contribution < -0.4 is 10.1 Å². The van der Waals surface area contributed by atoms with Crippen molar-refractivity contribution >= 4 is 11.6 Å². The molecule has 1 aromatic carbocycles. The molecule has 0 fully saturated rings. The van der Waals surface area contributed by atoms with Crippen LogP contribution in [-0.2, 0) is 11.2 Å². The lowest BCUT2D eigenvalue weighted by Gasteiger charge is -2.12. The van der Waals surface area contributed by atoms with Crippen molar-refractivity contribution < 1.29 is 9.53 Å². The van der Waals surface area contributed by atoms with Crippen LogP contribution in [0, 0.1) is 20.8 Å². The molecule has 0 saturated carbocycles. The minimum absolute atomic E-state index is 0.0555. The zero-order valence-corrected chi connectivity index (χ0v) is 12.9. The summed E-state index contributed by atoms with van der Waals surface area (Å²) >= 11 is 0. The third-order valence-corrected chi connectivity index (χ3v) is 3.29. The average Bonchev–Trinajstić information content (AvgIpc) is 2.43. The number of nitrogens with zero attached hydrogens (tertiary/aromatic N) is 1. The lowest BCUT2D eigenvalue weighted by Crippen LogP contribution is -2.16. The summed E-state index contributed by atoms with van der Waals surface area (Å²) in [6, 6.07) is 9.49. The van der Waals surface area contributed by atoms with E-state index in [1.807, 2.05) is 51.1 Å². The van der Waals surface area contributed by atoms with Gasteiger partial charge in [-0.25, -0.2) is 0 Å². The quantitative estimate of drug-likeness (QED) is 0.938. The summed E-state index contributed by atoms with van der Waals surface area (Å²) in [5.41, 5.74) is 4.54. The second kappa shape index (κ2) is 6.39. The van der Waals surface area contributed by atoms with Crippen LogP contribution in [-0.4, -0.2) is 18.0 Å². The van der Waals surface area contributed by atoms with E-state index in [0.717, 1.165) is 34.0 Å². The first kappa shape index (κ1) is 15.0. The second-order valence-corrected chi connectivity index (χ2v) is 5.12. The molecule has 0 unspecified atom stereocenters. The number of hydrogen-bond donors (Lipinski definition) is 1. The van der Waals surface area contributed by atoms with Gasteiger partial charge in [0.2, 0.25) is 5.91 Å². The fourth-order valence-electron chi connectivity index (χ4n) is 2.36. The molecule has 0 saturated heterocycles. The van der Waals surface area contributed by atoms with Crippen LogP contribution in [0.4, 0.5) is 5.69 Å². The van der Waals surface area contributed by atoms with Gasteiger partial charge in [0.1, 0.15) is 5.75 Å². The van der Waals surface area contributed by atoms with Gasteiger partial charge in [0.25, 0.3) is 0 Å². The van der Waals surface area contributed by atoms with Crippen LogP contribution in [0.5, 0.6) is 5.75 Å². The highest BCUT2D eigenvalue weighted by molar-refractivity contribution is 5.93. The number of rotatable bonds is 4. The maximum Gasteiger partial charge on any atom is 0.228 e. The molecule has 1 amide bonds. The van der Waals surface area contributed by atoms with E-state index >= 15 is 0 Å². The lowest BCUT2D eigenvalue weighted by atomic mass is 10.1. The average molecular weight is 284 g/mol. The van der Waals surface area contributed by atoms with Crippen molar-refractivity contribution in [3.05, 3.63) is 52.8 Å². The molecule has 110 valence electrons. The number of pyridine rings is 1. The molecule has 0 atom stereocenters. The minimum atomic E-state index is -0.0555. The number of nitrogens with one attached hydrogen (secondary N) is 1. The van der Waals surface area contributed by atoms with E-state index in [-0.39, 0.29) is 5.91 Å². The lowest BCUT2D eigenvalue weighted by molar-refractivity contribution is -0.115. The number of hydrogen-bond acceptors (Lipinski definition) is 3. The normalized spacial score (nSPS) is 10.3. The first-order valence-electron chi connectivity index (χ1n) is 6.87. The van der Waals surface area contributed by atoms with Gasteiger partial charge in [0.15, 0.2) is 0 Å². The molecule has 0 bridgehead atoms. The Morgan fingerprint density at radius 1 is 1.24 bits per heavy atom. The van der Waals surface area contributed by atoms with Crippen molar-refractivity contribution in [1.82, 2.24) is 4.98 Å². The number of carbonyl (C=O) groups excluding carboxylic acids is 1. The highest BCUT2D eigenvalue weighted by Gasteiger charge is 2.10. The van der Waals surface area contributed by atoms with Crippen molar-refractivity contribution in [3.63, 3.8) is 0 Å².